The number of benzene rings is 2. The Bertz CT molecular complexity index is 854. The number of carbonyl (C=O) groups is 1. The summed E-state index contributed by atoms with van der Waals surface area (Å²) in [6.45, 7) is 5.99. The lowest BCUT2D eigenvalue weighted by Crippen LogP contribution is -2.08. The minimum atomic E-state index is -0.915. The monoisotopic (exact) mass is 305 g/mol. The summed E-state index contributed by atoms with van der Waals surface area (Å²) in [6.07, 6.45) is 0. The minimum Gasteiger partial charge on any atom is -0.478 e. The molecule has 0 fully saturated rings. The van der Waals surface area contributed by atoms with Gasteiger partial charge in [-0.2, -0.15) is 0 Å². The summed E-state index contributed by atoms with van der Waals surface area (Å²) in [7, 11) is 0. The molecule has 0 atom stereocenters. The van der Waals surface area contributed by atoms with Crippen LogP contribution >= 0.6 is 0 Å². The highest BCUT2D eigenvalue weighted by Gasteiger charge is 2.15. The molecule has 3 rings (SSSR count). The van der Waals surface area contributed by atoms with E-state index in [9.17, 15) is 9.90 Å². The van der Waals surface area contributed by atoms with Crippen molar-refractivity contribution in [3.8, 4) is 16.8 Å². The molecule has 23 heavy (non-hydrogen) atoms. The Labute approximate surface area is 135 Å². The second kappa shape index (κ2) is 5.76. The van der Waals surface area contributed by atoms with E-state index in [0.29, 0.717) is 11.3 Å². The first-order chi connectivity index (χ1) is 11.0. The van der Waals surface area contributed by atoms with Crippen LogP contribution in [0.2, 0.25) is 0 Å². The van der Waals surface area contributed by atoms with Crippen molar-refractivity contribution < 1.29 is 9.90 Å². The lowest BCUT2D eigenvalue weighted by Gasteiger charge is -2.14. The highest BCUT2D eigenvalue weighted by Crippen LogP contribution is 2.27. The quantitative estimate of drug-likeness (QED) is 0.757. The van der Waals surface area contributed by atoms with Crippen molar-refractivity contribution in [2.75, 3.05) is 0 Å². The van der Waals surface area contributed by atoms with Gasteiger partial charge in [-0.05, 0) is 56.2 Å². The van der Waals surface area contributed by atoms with Crippen LogP contribution in [0.25, 0.3) is 16.8 Å². The summed E-state index contributed by atoms with van der Waals surface area (Å²) in [5, 5.41) is 9.65. The fourth-order valence-corrected chi connectivity index (χ4v) is 2.88. The number of aromatic carboxylic acids is 1. The Balaban J connectivity index is 2.17. The molecule has 3 aromatic rings. The maximum Gasteiger partial charge on any atom is 0.337 e. The van der Waals surface area contributed by atoms with Crippen LogP contribution in [-0.4, -0.2) is 15.6 Å². The van der Waals surface area contributed by atoms with E-state index in [-0.39, 0.29) is 0 Å². The van der Waals surface area contributed by atoms with Crippen molar-refractivity contribution in [2.24, 2.45) is 0 Å². The molecule has 0 unspecified atom stereocenters. The summed E-state index contributed by atoms with van der Waals surface area (Å²) in [5.74, 6) is -0.915. The Morgan fingerprint density at radius 2 is 1.39 bits per heavy atom. The number of aromatic nitrogens is 1. The molecule has 2 aromatic carbocycles. The summed E-state index contributed by atoms with van der Waals surface area (Å²) in [4.78, 5) is 11.8. The minimum absolute atomic E-state index is 0.311. The van der Waals surface area contributed by atoms with Crippen molar-refractivity contribution in [1.29, 1.82) is 0 Å². The number of carboxylic acid groups (broad SMARTS) is 1. The van der Waals surface area contributed by atoms with Crippen LogP contribution in [0.3, 0.4) is 0 Å². The molecule has 0 aliphatic carbocycles. The molecule has 1 heterocycles. The molecule has 0 aliphatic rings. The van der Waals surface area contributed by atoms with E-state index in [1.54, 1.807) is 6.07 Å². The van der Waals surface area contributed by atoms with Gasteiger partial charge in [0.15, 0.2) is 0 Å². The Morgan fingerprint density at radius 3 is 1.96 bits per heavy atom. The van der Waals surface area contributed by atoms with E-state index in [4.69, 9.17) is 0 Å². The van der Waals surface area contributed by atoms with Gasteiger partial charge in [-0.25, -0.2) is 4.79 Å². The van der Waals surface area contributed by atoms with E-state index in [1.165, 1.54) is 5.56 Å². The van der Waals surface area contributed by atoms with E-state index in [1.807, 2.05) is 73.9 Å². The van der Waals surface area contributed by atoms with Crippen LogP contribution in [0.4, 0.5) is 0 Å². The first kappa shape index (κ1) is 15.1. The predicted molar refractivity (Wildman–Crippen MR) is 92.4 cm³/mol. The van der Waals surface area contributed by atoms with E-state index in [2.05, 4.69) is 0 Å². The lowest BCUT2D eigenvalue weighted by molar-refractivity contribution is 0.0697. The van der Waals surface area contributed by atoms with Crippen LogP contribution < -0.4 is 0 Å². The maximum atomic E-state index is 11.8. The zero-order chi connectivity index (χ0) is 16.6. The molecule has 1 aromatic heterocycles. The third-order valence-electron chi connectivity index (χ3n) is 4.12. The van der Waals surface area contributed by atoms with Crippen molar-refractivity contribution in [2.45, 2.75) is 20.8 Å². The van der Waals surface area contributed by atoms with Crippen LogP contribution in [0.1, 0.15) is 27.3 Å². The average Bonchev–Trinajstić information content (AvgIpc) is 2.86. The van der Waals surface area contributed by atoms with Gasteiger partial charge >= 0.3 is 5.97 Å². The van der Waals surface area contributed by atoms with E-state index in [0.717, 1.165) is 22.5 Å². The fraction of sp³-hybridized carbons (Fsp3) is 0.150. The van der Waals surface area contributed by atoms with E-state index >= 15 is 0 Å². The highest BCUT2D eigenvalue weighted by molar-refractivity contribution is 5.94. The number of nitrogens with zero attached hydrogens (tertiary/aromatic N) is 1. The average molecular weight is 305 g/mol. The first-order valence-electron chi connectivity index (χ1n) is 7.57. The van der Waals surface area contributed by atoms with Gasteiger partial charge in [0.2, 0.25) is 0 Å². The van der Waals surface area contributed by atoms with Crippen LogP contribution in [-0.2, 0) is 0 Å². The lowest BCUT2D eigenvalue weighted by atomic mass is 10.0. The molecule has 0 bridgehead atoms. The largest absolute Gasteiger partial charge is 0.478 e. The summed E-state index contributed by atoms with van der Waals surface area (Å²) in [6, 6.07) is 17.7. The van der Waals surface area contributed by atoms with Gasteiger partial charge in [0.05, 0.1) is 11.3 Å². The van der Waals surface area contributed by atoms with Gasteiger partial charge in [-0.1, -0.05) is 35.9 Å². The Hall–Kier alpha value is -2.81. The molecule has 1 N–H and O–H groups in total. The third kappa shape index (κ3) is 2.78. The van der Waals surface area contributed by atoms with Crippen molar-refractivity contribution >= 4 is 5.97 Å². The van der Waals surface area contributed by atoms with Crippen LogP contribution in [0, 0.1) is 20.8 Å². The molecular formula is C20H19NO2. The first-order valence-corrected chi connectivity index (χ1v) is 7.57. The smallest absolute Gasteiger partial charge is 0.337 e. The summed E-state index contributed by atoms with van der Waals surface area (Å²) in [5.41, 5.74) is 6.17. The van der Waals surface area contributed by atoms with Gasteiger partial charge in [-0.15, -0.1) is 0 Å². The molecule has 3 nitrogen and oxygen atoms in total. The van der Waals surface area contributed by atoms with Crippen LogP contribution in [0.5, 0.6) is 0 Å². The van der Waals surface area contributed by atoms with Gasteiger partial charge in [-0.3, -0.25) is 0 Å². The second-order valence-electron chi connectivity index (χ2n) is 5.85. The Morgan fingerprint density at radius 1 is 0.826 bits per heavy atom. The summed E-state index contributed by atoms with van der Waals surface area (Å²) >= 11 is 0. The van der Waals surface area contributed by atoms with Gasteiger partial charge in [0, 0.05) is 11.4 Å². The van der Waals surface area contributed by atoms with Crippen LogP contribution in [0.15, 0.2) is 54.6 Å². The molecule has 0 amide bonds. The van der Waals surface area contributed by atoms with Gasteiger partial charge in [0.1, 0.15) is 0 Å². The SMILES string of the molecule is Cc1ccc(-c2ccc(-n3c(C)ccc3C)c(C(=O)O)c2)cc1. The van der Waals surface area contributed by atoms with Gasteiger partial charge in [0.25, 0.3) is 0 Å². The molecule has 0 spiro atoms. The highest BCUT2D eigenvalue weighted by atomic mass is 16.4. The molecule has 0 saturated heterocycles. The molecule has 116 valence electrons. The van der Waals surface area contributed by atoms with E-state index < -0.39 is 5.97 Å². The molecular weight excluding hydrogens is 286 g/mol. The van der Waals surface area contributed by atoms with Crippen molar-refractivity contribution in [3.63, 3.8) is 0 Å². The maximum absolute atomic E-state index is 11.8. The molecule has 0 radical (unpaired) electrons. The Kier molecular flexibility index (Phi) is 3.78. The zero-order valence-corrected chi connectivity index (χ0v) is 13.5. The normalized spacial score (nSPS) is 10.7. The number of carboxylic acids is 1. The number of hydrogen-bond donors (Lipinski definition) is 1. The summed E-state index contributed by atoms with van der Waals surface area (Å²) < 4.78 is 1.97. The topological polar surface area (TPSA) is 42.2 Å². The third-order valence-corrected chi connectivity index (χ3v) is 4.12. The number of aryl methyl sites for hydroxylation is 3. The fourth-order valence-electron chi connectivity index (χ4n) is 2.88. The molecule has 0 saturated carbocycles. The molecule has 3 heteroatoms. The predicted octanol–water partition coefficient (Wildman–Crippen LogP) is 4.77. The van der Waals surface area contributed by atoms with Crippen molar-refractivity contribution in [3.05, 3.63) is 77.1 Å². The number of hydrogen-bond acceptors (Lipinski definition) is 1. The number of rotatable bonds is 3. The van der Waals surface area contributed by atoms with Gasteiger partial charge < -0.3 is 9.67 Å². The van der Waals surface area contributed by atoms with Crippen molar-refractivity contribution in [1.82, 2.24) is 4.57 Å². The molecule has 0 aliphatic heterocycles. The second-order valence-corrected chi connectivity index (χ2v) is 5.85. The standard InChI is InChI=1S/C20H19NO2/c1-13-4-8-16(9-5-13)17-10-11-19(18(12-17)20(22)23)21-14(2)6-7-15(21)3/h4-12H,1-3H3,(H,22,23). The zero-order valence-electron chi connectivity index (χ0n) is 13.5.